The number of phenols is 1. The smallest absolute Gasteiger partial charge is 0.290 e. The topological polar surface area (TPSA) is 90.7 Å². The molecular formula is C25H20N2O4. The molecule has 0 aliphatic carbocycles. The lowest BCUT2D eigenvalue weighted by Gasteiger charge is -2.26. The van der Waals surface area contributed by atoms with Gasteiger partial charge >= 0.3 is 0 Å². The van der Waals surface area contributed by atoms with Crippen molar-refractivity contribution in [2.75, 3.05) is 0 Å². The maximum atomic E-state index is 13.1. The second kappa shape index (κ2) is 8.67. The summed E-state index contributed by atoms with van der Waals surface area (Å²) in [5.41, 5.74) is 2.21. The van der Waals surface area contributed by atoms with Crippen LogP contribution in [0, 0.1) is 0 Å². The van der Waals surface area contributed by atoms with Gasteiger partial charge in [-0.2, -0.15) is 0 Å². The maximum absolute atomic E-state index is 13.1. The van der Waals surface area contributed by atoms with Crippen molar-refractivity contribution in [1.29, 1.82) is 0 Å². The fraction of sp³-hybridized carbons (Fsp3) is 0.0800. The third-order valence-corrected chi connectivity index (χ3v) is 5.08. The summed E-state index contributed by atoms with van der Waals surface area (Å²) >= 11 is 0. The molecule has 154 valence electrons. The van der Waals surface area contributed by atoms with E-state index in [0.717, 1.165) is 11.1 Å². The lowest BCUT2D eigenvalue weighted by molar-refractivity contribution is -0.130. The molecule has 0 saturated carbocycles. The normalized spacial score (nSPS) is 16.3. The van der Waals surface area contributed by atoms with Crippen LogP contribution in [0.5, 0.6) is 5.75 Å². The fourth-order valence-corrected chi connectivity index (χ4v) is 3.59. The van der Waals surface area contributed by atoms with E-state index < -0.39 is 23.5 Å². The van der Waals surface area contributed by atoms with Crippen molar-refractivity contribution in [3.63, 3.8) is 0 Å². The Balaban J connectivity index is 1.72. The fourth-order valence-electron chi connectivity index (χ4n) is 3.59. The Hall–Kier alpha value is -4.19. The molecule has 4 rings (SSSR count). The van der Waals surface area contributed by atoms with E-state index in [1.165, 1.54) is 23.1 Å². The van der Waals surface area contributed by atoms with Crippen LogP contribution in [0.2, 0.25) is 0 Å². The number of aliphatic hydroxyl groups is 1. The van der Waals surface area contributed by atoms with Gasteiger partial charge < -0.3 is 15.1 Å². The van der Waals surface area contributed by atoms with Gasteiger partial charge in [0.25, 0.3) is 5.91 Å². The van der Waals surface area contributed by atoms with Crippen molar-refractivity contribution in [1.82, 2.24) is 9.88 Å². The largest absolute Gasteiger partial charge is 0.508 e. The Kier molecular flexibility index (Phi) is 5.62. The summed E-state index contributed by atoms with van der Waals surface area (Å²) in [6, 6.07) is 18.3. The summed E-state index contributed by atoms with van der Waals surface area (Å²) in [7, 11) is 0. The van der Waals surface area contributed by atoms with E-state index in [4.69, 9.17) is 0 Å². The van der Waals surface area contributed by atoms with Gasteiger partial charge in [0.15, 0.2) is 11.5 Å². The first-order chi connectivity index (χ1) is 15.0. The Bertz CT molecular complexity index is 1150. The van der Waals surface area contributed by atoms with Crippen LogP contribution >= 0.6 is 0 Å². The minimum absolute atomic E-state index is 0.00626. The molecule has 1 aliphatic heterocycles. The van der Waals surface area contributed by atoms with Gasteiger partial charge in [0.1, 0.15) is 5.75 Å². The van der Waals surface area contributed by atoms with Crippen LogP contribution in [0.3, 0.4) is 0 Å². The summed E-state index contributed by atoms with van der Waals surface area (Å²) in [5.74, 6) is -1.58. The first-order valence-corrected chi connectivity index (χ1v) is 9.74. The molecule has 0 spiro atoms. The second-order valence-electron chi connectivity index (χ2n) is 7.16. The highest BCUT2D eigenvalue weighted by molar-refractivity contribution is 6.14. The number of phenolic OH excluding ortho intramolecular Hbond substituents is 1. The van der Waals surface area contributed by atoms with Crippen LogP contribution in [-0.4, -0.2) is 31.8 Å². The van der Waals surface area contributed by atoms with Crippen molar-refractivity contribution >= 4 is 17.8 Å². The van der Waals surface area contributed by atoms with Crippen LogP contribution in [0.15, 0.2) is 96.5 Å². The monoisotopic (exact) mass is 412 g/mol. The zero-order valence-electron chi connectivity index (χ0n) is 16.6. The molecule has 3 aromatic rings. The summed E-state index contributed by atoms with van der Waals surface area (Å²) in [6.45, 7) is 0.168. The minimum Gasteiger partial charge on any atom is -0.508 e. The summed E-state index contributed by atoms with van der Waals surface area (Å²) in [4.78, 5) is 31.5. The number of amides is 1. The molecule has 1 amide bonds. The van der Waals surface area contributed by atoms with Gasteiger partial charge in [-0.3, -0.25) is 14.6 Å². The Morgan fingerprint density at radius 3 is 2.42 bits per heavy atom. The highest BCUT2D eigenvalue weighted by atomic mass is 16.3. The Labute approximate surface area is 179 Å². The first kappa shape index (κ1) is 20.1. The molecule has 1 atom stereocenters. The lowest BCUT2D eigenvalue weighted by Crippen LogP contribution is -2.30. The van der Waals surface area contributed by atoms with E-state index >= 15 is 0 Å². The highest BCUT2D eigenvalue weighted by Gasteiger charge is 2.42. The van der Waals surface area contributed by atoms with Crippen LogP contribution in [0.1, 0.15) is 22.7 Å². The predicted molar refractivity (Wildman–Crippen MR) is 116 cm³/mol. The molecular weight excluding hydrogens is 392 g/mol. The number of pyridine rings is 1. The van der Waals surface area contributed by atoms with Gasteiger partial charge in [0.05, 0.1) is 11.6 Å². The number of aromatic hydroxyl groups is 1. The number of aliphatic hydroxyl groups excluding tert-OH is 1. The molecule has 0 saturated heterocycles. The number of nitrogens with zero attached hydrogens (tertiary/aromatic N) is 2. The van der Waals surface area contributed by atoms with Crippen LogP contribution < -0.4 is 0 Å². The first-order valence-electron chi connectivity index (χ1n) is 9.74. The van der Waals surface area contributed by atoms with Crippen LogP contribution in [0.4, 0.5) is 0 Å². The van der Waals surface area contributed by atoms with Crippen molar-refractivity contribution in [3.8, 4) is 5.75 Å². The highest BCUT2D eigenvalue weighted by Crippen LogP contribution is 2.39. The molecule has 0 bridgehead atoms. The van der Waals surface area contributed by atoms with Crippen molar-refractivity contribution in [3.05, 3.63) is 113 Å². The number of hydrogen-bond acceptors (Lipinski definition) is 5. The number of allylic oxidation sites excluding steroid dienone is 1. The standard InChI is InChI=1S/C25H20N2O4/c28-20-11-9-19(10-12-20)23-22(21(29)13-8-17-5-2-1-3-6-17)24(30)25(31)27(23)16-18-7-4-14-26-15-18/h1-15,23,28,30H,16H2. The number of carbonyl (C=O) groups is 2. The second-order valence-corrected chi connectivity index (χ2v) is 7.16. The van der Waals surface area contributed by atoms with E-state index in [1.54, 1.807) is 36.7 Å². The average molecular weight is 412 g/mol. The van der Waals surface area contributed by atoms with E-state index in [0.29, 0.717) is 5.56 Å². The quantitative estimate of drug-likeness (QED) is 0.598. The van der Waals surface area contributed by atoms with E-state index in [1.807, 2.05) is 36.4 Å². The number of aromatic nitrogens is 1. The molecule has 0 fully saturated rings. The molecule has 2 heterocycles. The van der Waals surface area contributed by atoms with Gasteiger partial charge in [-0.25, -0.2) is 0 Å². The molecule has 6 heteroatoms. The molecule has 1 aliphatic rings. The van der Waals surface area contributed by atoms with Gasteiger partial charge in [-0.1, -0.05) is 54.6 Å². The number of carbonyl (C=O) groups excluding carboxylic acids is 2. The number of benzene rings is 2. The van der Waals surface area contributed by atoms with Crippen molar-refractivity contribution < 1.29 is 19.8 Å². The van der Waals surface area contributed by atoms with Crippen molar-refractivity contribution in [2.24, 2.45) is 0 Å². The van der Waals surface area contributed by atoms with Gasteiger partial charge in [-0.05, 0) is 41.0 Å². The van der Waals surface area contributed by atoms with Crippen molar-refractivity contribution in [2.45, 2.75) is 12.6 Å². The number of hydrogen-bond donors (Lipinski definition) is 2. The molecule has 6 nitrogen and oxygen atoms in total. The zero-order chi connectivity index (χ0) is 21.8. The molecule has 2 aromatic carbocycles. The van der Waals surface area contributed by atoms with E-state index in [-0.39, 0.29) is 17.9 Å². The number of ketones is 1. The zero-order valence-corrected chi connectivity index (χ0v) is 16.6. The third kappa shape index (κ3) is 4.23. The minimum atomic E-state index is -0.791. The predicted octanol–water partition coefficient (Wildman–Crippen LogP) is 3.97. The average Bonchev–Trinajstić information content (AvgIpc) is 3.04. The number of rotatable bonds is 6. The lowest BCUT2D eigenvalue weighted by atomic mass is 9.95. The Morgan fingerprint density at radius 2 is 1.74 bits per heavy atom. The molecule has 2 N–H and O–H groups in total. The van der Waals surface area contributed by atoms with Gasteiger partial charge in [-0.15, -0.1) is 0 Å². The molecule has 31 heavy (non-hydrogen) atoms. The maximum Gasteiger partial charge on any atom is 0.290 e. The van der Waals surface area contributed by atoms with Crippen LogP contribution in [0.25, 0.3) is 6.08 Å². The molecule has 0 radical (unpaired) electrons. The summed E-state index contributed by atoms with van der Waals surface area (Å²) < 4.78 is 0. The van der Waals surface area contributed by atoms with E-state index in [9.17, 15) is 19.8 Å². The third-order valence-electron chi connectivity index (χ3n) is 5.08. The Morgan fingerprint density at radius 1 is 1.00 bits per heavy atom. The molecule has 1 aromatic heterocycles. The van der Waals surface area contributed by atoms with Crippen LogP contribution in [-0.2, 0) is 16.1 Å². The summed E-state index contributed by atoms with van der Waals surface area (Å²) in [6.07, 6.45) is 6.26. The SMILES string of the molecule is O=C(C=Cc1ccccc1)C1=C(O)C(=O)N(Cc2cccnc2)C1c1ccc(O)cc1. The molecule has 1 unspecified atom stereocenters. The van der Waals surface area contributed by atoms with E-state index in [2.05, 4.69) is 4.98 Å². The summed E-state index contributed by atoms with van der Waals surface area (Å²) in [5, 5.41) is 20.3. The van der Waals surface area contributed by atoms with Gasteiger partial charge in [0, 0.05) is 18.9 Å². The van der Waals surface area contributed by atoms with Gasteiger partial charge in [0.2, 0.25) is 0 Å².